The van der Waals surface area contributed by atoms with Crippen molar-refractivity contribution >= 4 is 15.7 Å². The molecular weight excluding hydrogens is 271 g/mol. The van der Waals surface area contributed by atoms with Gasteiger partial charge in [-0.15, -0.1) is 0 Å². The molecule has 0 aromatic heterocycles. The molecule has 0 atom stereocenters. The second-order valence-corrected chi connectivity index (χ2v) is 6.26. The molecule has 1 fully saturated rings. The third-order valence-corrected chi connectivity index (χ3v) is 4.61. The number of nitrogens with two attached hydrogens (primary N) is 1. The van der Waals surface area contributed by atoms with Gasteiger partial charge in [0.05, 0.1) is 16.7 Å². The van der Waals surface area contributed by atoms with E-state index in [9.17, 15) is 12.8 Å². The van der Waals surface area contributed by atoms with Crippen molar-refractivity contribution in [1.82, 2.24) is 4.72 Å². The maximum atomic E-state index is 13.0. The first-order chi connectivity index (χ1) is 8.92. The summed E-state index contributed by atoms with van der Waals surface area (Å²) in [6, 6.07) is 3.24. The van der Waals surface area contributed by atoms with Gasteiger partial charge in [-0.05, 0) is 38.0 Å². The van der Waals surface area contributed by atoms with Crippen LogP contribution < -0.4 is 10.5 Å². The zero-order valence-electron chi connectivity index (χ0n) is 10.6. The molecule has 0 amide bonds. The van der Waals surface area contributed by atoms with E-state index in [-0.39, 0.29) is 22.7 Å². The lowest BCUT2D eigenvalue weighted by atomic mass is 9.90. The molecule has 1 aliphatic carbocycles. The molecular formula is C12H17FN2O3S. The van der Waals surface area contributed by atoms with Gasteiger partial charge in [0.1, 0.15) is 5.82 Å². The number of hydrogen-bond acceptors (Lipinski definition) is 4. The number of ether oxygens (including phenoxy) is 1. The number of nitrogen functional groups attached to an aromatic ring is 1. The number of nitrogens with one attached hydrogen (secondary N) is 1. The van der Waals surface area contributed by atoms with E-state index >= 15 is 0 Å². The molecule has 0 aliphatic heterocycles. The van der Waals surface area contributed by atoms with Crippen molar-refractivity contribution in [2.75, 3.05) is 12.3 Å². The van der Waals surface area contributed by atoms with Crippen molar-refractivity contribution in [3.8, 4) is 0 Å². The molecule has 2 rings (SSSR count). The van der Waals surface area contributed by atoms with Gasteiger partial charge >= 0.3 is 0 Å². The Morgan fingerprint density at radius 1 is 1.47 bits per heavy atom. The minimum absolute atomic E-state index is 0.0220. The molecule has 106 valence electrons. The van der Waals surface area contributed by atoms with Crippen molar-refractivity contribution in [2.45, 2.75) is 36.8 Å². The molecule has 7 heteroatoms. The summed E-state index contributed by atoms with van der Waals surface area (Å²) < 4.78 is 45.0. The molecule has 19 heavy (non-hydrogen) atoms. The van der Waals surface area contributed by atoms with E-state index in [2.05, 4.69) is 4.72 Å². The summed E-state index contributed by atoms with van der Waals surface area (Å²) in [5, 5.41) is 0. The fourth-order valence-corrected chi connectivity index (χ4v) is 3.31. The minimum atomic E-state index is -3.65. The lowest BCUT2D eigenvalue weighted by molar-refractivity contribution is -0.00475. The third-order valence-electron chi connectivity index (χ3n) is 3.10. The molecule has 0 saturated heterocycles. The smallest absolute Gasteiger partial charge is 0.240 e. The van der Waals surface area contributed by atoms with E-state index in [4.69, 9.17) is 10.5 Å². The summed E-state index contributed by atoms with van der Waals surface area (Å²) in [6.07, 6.45) is 1.43. The molecule has 0 radical (unpaired) electrons. The Balaban J connectivity index is 2.01. The quantitative estimate of drug-likeness (QED) is 0.799. The fraction of sp³-hybridized carbons (Fsp3) is 0.500. The largest absolute Gasteiger partial charge is 0.396 e. The third kappa shape index (κ3) is 3.23. The van der Waals surface area contributed by atoms with Crippen LogP contribution in [0.5, 0.6) is 0 Å². The van der Waals surface area contributed by atoms with Crippen molar-refractivity contribution in [3.05, 3.63) is 24.0 Å². The Labute approximate surface area is 112 Å². The molecule has 0 bridgehead atoms. The van der Waals surface area contributed by atoms with E-state index in [0.717, 1.165) is 12.1 Å². The van der Waals surface area contributed by atoms with Crippen molar-refractivity contribution in [3.63, 3.8) is 0 Å². The first kappa shape index (κ1) is 14.2. The predicted molar refractivity (Wildman–Crippen MR) is 69.6 cm³/mol. The summed E-state index contributed by atoms with van der Waals surface area (Å²) in [6.45, 7) is 2.53. The number of rotatable bonds is 5. The normalized spacial score (nSPS) is 23.1. The molecule has 1 aliphatic rings. The summed E-state index contributed by atoms with van der Waals surface area (Å²) in [5.41, 5.74) is 5.19. The summed E-state index contributed by atoms with van der Waals surface area (Å²) in [7, 11) is -3.65. The number of anilines is 1. The Bertz CT molecular complexity index is 556. The van der Waals surface area contributed by atoms with Crippen molar-refractivity contribution < 1.29 is 17.5 Å². The minimum Gasteiger partial charge on any atom is -0.396 e. The predicted octanol–water partition coefficient (Wildman–Crippen LogP) is 1.25. The zero-order chi connectivity index (χ0) is 14.0. The molecule has 0 unspecified atom stereocenters. The van der Waals surface area contributed by atoms with E-state index in [1.807, 2.05) is 6.92 Å². The Morgan fingerprint density at radius 2 is 2.16 bits per heavy atom. The van der Waals surface area contributed by atoms with Crippen LogP contribution in [0.25, 0.3) is 0 Å². The Kier molecular flexibility index (Phi) is 4.07. The molecule has 0 spiro atoms. The second-order valence-electron chi connectivity index (χ2n) is 4.55. The highest BCUT2D eigenvalue weighted by Crippen LogP contribution is 2.25. The number of sulfonamides is 1. The van der Waals surface area contributed by atoms with Gasteiger partial charge in [0.2, 0.25) is 10.0 Å². The van der Waals surface area contributed by atoms with Crippen LogP contribution >= 0.6 is 0 Å². The molecule has 3 N–H and O–H groups in total. The molecule has 0 heterocycles. The van der Waals surface area contributed by atoms with Crippen LogP contribution in [-0.4, -0.2) is 27.2 Å². The van der Waals surface area contributed by atoms with Crippen LogP contribution in [0.1, 0.15) is 19.8 Å². The summed E-state index contributed by atoms with van der Waals surface area (Å²) in [5.74, 6) is -0.626. The molecule has 1 aromatic rings. The number of halogens is 1. The SMILES string of the molecule is CCOC1CC(NS(=O)(=O)c2ccc(F)c(N)c2)C1. The number of benzene rings is 1. The summed E-state index contributed by atoms with van der Waals surface area (Å²) >= 11 is 0. The standard InChI is InChI=1S/C12H17FN2O3S/c1-2-18-9-5-8(6-9)15-19(16,17)10-3-4-11(13)12(14)7-10/h3-4,7-9,15H,2,5-6,14H2,1H3. The lowest BCUT2D eigenvalue weighted by Crippen LogP contribution is -2.47. The van der Waals surface area contributed by atoms with E-state index < -0.39 is 15.8 Å². The first-order valence-electron chi connectivity index (χ1n) is 6.11. The van der Waals surface area contributed by atoms with E-state index in [0.29, 0.717) is 19.4 Å². The zero-order valence-corrected chi connectivity index (χ0v) is 11.4. The van der Waals surface area contributed by atoms with Crippen LogP contribution in [-0.2, 0) is 14.8 Å². The van der Waals surface area contributed by atoms with Crippen LogP contribution in [0.4, 0.5) is 10.1 Å². The average Bonchev–Trinajstić information content (AvgIpc) is 2.30. The monoisotopic (exact) mass is 288 g/mol. The van der Waals surface area contributed by atoms with Gasteiger partial charge in [-0.3, -0.25) is 0 Å². The highest BCUT2D eigenvalue weighted by atomic mass is 32.2. The van der Waals surface area contributed by atoms with Gasteiger partial charge in [0.25, 0.3) is 0 Å². The Morgan fingerprint density at radius 3 is 2.74 bits per heavy atom. The van der Waals surface area contributed by atoms with Gasteiger partial charge in [-0.2, -0.15) is 0 Å². The van der Waals surface area contributed by atoms with E-state index in [1.165, 1.54) is 6.07 Å². The first-order valence-corrected chi connectivity index (χ1v) is 7.59. The van der Waals surface area contributed by atoms with Crippen LogP contribution in [0.2, 0.25) is 0 Å². The van der Waals surface area contributed by atoms with Gasteiger partial charge in [0, 0.05) is 12.6 Å². The highest BCUT2D eigenvalue weighted by Gasteiger charge is 2.33. The lowest BCUT2D eigenvalue weighted by Gasteiger charge is -2.35. The van der Waals surface area contributed by atoms with Gasteiger partial charge in [0.15, 0.2) is 0 Å². The van der Waals surface area contributed by atoms with Crippen LogP contribution in [0.3, 0.4) is 0 Å². The average molecular weight is 288 g/mol. The van der Waals surface area contributed by atoms with Crippen LogP contribution in [0, 0.1) is 5.82 Å². The van der Waals surface area contributed by atoms with Gasteiger partial charge in [-0.1, -0.05) is 0 Å². The molecule has 1 aromatic carbocycles. The van der Waals surface area contributed by atoms with Gasteiger partial charge in [-0.25, -0.2) is 17.5 Å². The van der Waals surface area contributed by atoms with Crippen molar-refractivity contribution in [2.24, 2.45) is 0 Å². The maximum Gasteiger partial charge on any atom is 0.240 e. The molecule has 5 nitrogen and oxygen atoms in total. The highest BCUT2D eigenvalue weighted by molar-refractivity contribution is 7.89. The van der Waals surface area contributed by atoms with E-state index in [1.54, 1.807) is 0 Å². The summed E-state index contributed by atoms with van der Waals surface area (Å²) in [4.78, 5) is -0.0220. The number of hydrogen-bond donors (Lipinski definition) is 2. The maximum absolute atomic E-state index is 13.0. The molecule has 1 saturated carbocycles. The fourth-order valence-electron chi connectivity index (χ4n) is 2.01. The van der Waals surface area contributed by atoms with Gasteiger partial charge < -0.3 is 10.5 Å². The second kappa shape index (κ2) is 5.44. The topological polar surface area (TPSA) is 81.4 Å². The van der Waals surface area contributed by atoms with Crippen LogP contribution in [0.15, 0.2) is 23.1 Å². The van der Waals surface area contributed by atoms with Crippen molar-refractivity contribution in [1.29, 1.82) is 0 Å². The Hall–Kier alpha value is -1.18.